The average molecular weight is 243 g/mol. The van der Waals surface area contributed by atoms with Crippen LogP contribution in [0.15, 0.2) is 66.7 Å². The van der Waals surface area contributed by atoms with E-state index >= 15 is 0 Å². The summed E-state index contributed by atoms with van der Waals surface area (Å²) in [7, 11) is 0. The lowest BCUT2D eigenvalue weighted by molar-refractivity contribution is 0.361. The van der Waals surface area contributed by atoms with Crippen LogP contribution in [0.2, 0.25) is 0 Å². The molecule has 0 aliphatic rings. The zero-order chi connectivity index (χ0) is 12.8. The minimum Gasteiger partial charge on any atom is -0.289 e. The Balaban J connectivity index is 2.40. The molecule has 4 aromatic carbocycles. The first-order valence-electron chi connectivity index (χ1n) is 6.35. The standard InChI is InChI=1S/C18H11O/c19-17-11-13-6-2-4-8-15(13)18-14-7-3-1-5-12(14)9-10-16(17)18/h1-11H. The van der Waals surface area contributed by atoms with Crippen molar-refractivity contribution in [1.29, 1.82) is 0 Å². The van der Waals surface area contributed by atoms with E-state index in [1.165, 1.54) is 5.39 Å². The molecule has 1 heteroatoms. The van der Waals surface area contributed by atoms with E-state index in [9.17, 15) is 5.11 Å². The van der Waals surface area contributed by atoms with Gasteiger partial charge in [-0.1, -0.05) is 54.6 Å². The SMILES string of the molecule is [O]c1cc2ccccc2c2c1ccc1ccccc12. The number of hydrogen-bond donors (Lipinski definition) is 0. The quantitative estimate of drug-likeness (QED) is 0.374. The van der Waals surface area contributed by atoms with Gasteiger partial charge in [-0.05, 0) is 33.7 Å². The van der Waals surface area contributed by atoms with Crippen molar-refractivity contribution < 1.29 is 5.11 Å². The van der Waals surface area contributed by atoms with Crippen LogP contribution in [0.5, 0.6) is 5.75 Å². The van der Waals surface area contributed by atoms with Gasteiger partial charge in [-0.25, -0.2) is 0 Å². The molecule has 0 heterocycles. The van der Waals surface area contributed by atoms with Gasteiger partial charge in [-0.15, -0.1) is 0 Å². The molecular formula is C18H11O. The van der Waals surface area contributed by atoms with Crippen molar-refractivity contribution in [2.75, 3.05) is 0 Å². The monoisotopic (exact) mass is 243 g/mol. The van der Waals surface area contributed by atoms with Crippen LogP contribution in [0.4, 0.5) is 0 Å². The third kappa shape index (κ3) is 1.42. The molecule has 4 rings (SSSR count). The van der Waals surface area contributed by atoms with Crippen molar-refractivity contribution in [2.24, 2.45) is 0 Å². The van der Waals surface area contributed by atoms with Gasteiger partial charge in [0.25, 0.3) is 0 Å². The van der Waals surface area contributed by atoms with Crippen LogP contribution in [0, 0.1) is 0 Å². The minimum atomic E-state index is 0.0967. The molecule has 1 radical (unpaired) electrons. The lowest BCUT2D eigenvalue weighted by Gasteiger charge is -2.08. The molecule has 0 unspecified atom stereocenters. The summed E-state index contributed by atoms with van der Waals surface area (Å²) in [6.45, 7) is 0. The summed E-state index contributed by atoms with van der Waals surface area (Å²) >= 11 is 0. The van der Waals surface area contributed by atoms with Crippen LogP contribution in [-0.2, 0) is 5.11 Å². The zero-order valence-corrected chi connectivity index (χ0v) is 10.3. The molecule has 0 aromatic heterocycles. The molecule has 0 bridgehead atoms. The summed E-state index contributed by atoms with van der Waals surface area (Å²) in [4.78, 5) is 0. The van der Waals surface area contributed by atoms with Crippen molar-refractivity contribution in [2.45, 2.75) is 0 Å². The first kappa shape index (κ1) is 10.4. The molecular weight excluding hydrogens is 232 g/mol. The molecule has 0 spiro atoms. The van der Waals surface area contributed by atoms with Gasteiger partial charge in [0, 0.05) is 10.8 Å². The molecule has 0 amide bonds. The largest absolute Gasteiger partial charge is 0.289 e. The van der Waals surface area contributed by atoms with Crippen molar-refractivity contribution in [3.05, 3.63) is 66.7 Å². The Morgan fingerprint density at radius 3 is 2.00 bits per heavy atom. The average Bonchev–Trinajstić information content (AvgIpc) is 2.47. The molecule has 0 saturated heterocycles. The summed E-state index contributed by atoms with van der Waals surface area (Å²) < 4.78 is 0. The third-order valence-electron chi connectivity index (χ3n) is 3.71. The second-order valence-electron chi connectivity index (χ2n) is 4.81. The van der Waals surface area contributed by atoms with E-state index in [2.05, 4.69) is 18.2 Å². The third-order valence-corrected chi connectivity index (χ3v) is 3.71. The summed E-state index contributed by atoms with van der Waals surface area (Å²) in [5, 5.41) is 18.6. The van der Waals surface area contributed by atoms with Gasteiger partial charge in [0.1, 0.15) is 0 Å². The molecule has 0 saturated carbocycles. The maximum absolute atomic E-state index is 12.2. The highest BCUT2D eigenvalue weighted by molar-refractivity contribution is 6.21. The minimum absolute atomic E-state index is 0.0967. The highest BCUT2D eigenvalue weighted by Gasteiger charge is 2.09. The van der Waals surface area contributed by atoms with Gasteiger partial charge < -0.3 is 0 Å². The van der Waals surface area contributed by atoms with Gasteiger partial charge in [0.15, 0.2) is 5.75 Å². The van der Waals surface area contributed by atoms with E-state index < -0.39 is 0 Å². The smallest absolute Gasteiger partial charge is 0.187 e. The van der Waals surface area contributed by atoms with Crippen LogP contribution in [-0.4, -0.2) is 0 Å². The summed E-state index contributed by atoms with van der Waals surface area (Å²) in [6, 6.07) is 22.0. The fourth-order valence-corrected chi connectivity index (χ4v) is 2.84. The molecule has 89 valence electrons. The number of rotatable bonds is 0. The first-order valence-corrected chi connectivity index (χ1v) is 6.35. The van der Waals surface area contributed by atoms with Gasteiger partial charge in [-0.2, -0.15) is 0 Å². The van der Waals surface area contributed by atoms with Gasteiger partial charge in [0.05, 0.1) is 0 Å². The Bertz CT molecular complexity index is 907. The second kappa shape index (κ2) is 3.72. The Labute approximate surface area is 110 Å². The van der Waals surface area contributed by atoms with Crippen LogP contribution in [0.1, 0.15) is 0 Å². The van der Waals surface area contributed by atoms with Crippen molar-refractivity contribution in [3.8, 4) is 5.75 Å². The highest BCUT2D eigenvalue weighted by atomic mass is 16.3. The summed E-state index contributed by atoms with van der Waals surface area (Å²) in [6.07, 6.45) is 0. The Morgan fingerprint density at radius 1 is 0.579 bits per heavy atom. The lowest BCUT2D eigenvalue weighted by Crippen LogP contribution is -1.81. The van der Waals surface area contributed by atoms with E-state index in [4.69, 9.17) is 0 Å². The molecule has 0 aliphatic heterocycles. The van der Waals surface area contributed by atoms with E-state index in [1.54, 1.807) is 6.07 Å². The van der Waals surface area contributed by atoms with Gasteiger partial charge in [0.2, 0.25) is 0 Å². The normalized spacial score (nSPS) is 11.4. The predicted molar refractivity (Wildman–Crippen MR) is 79.1 cm³/mol. The Morgan fingerprint density at radius 2 is 1.21 bits per heavy atom. The molecule has 0 fully saturated rings. The van der Waals surface area contributed by atoms with E-state index in [-0.39, 0.29) is 5.75 Å². The molecule has 19 heavy (non-hydrogen) atoms. The Kier molecular flexibility index (Phi) is 2.04. The van der Waals surface area contributed by atoms with E-state index in [1.807, 2.05) is 42.5 Å². The summed E-state index contributed by atoms with van der Waals surface area (Å²) in [5.41, 5.74) is 0. The highest BCUT2D eigenvalue weighted by Crippen LogP contribution is 2.37. The molecule has 0 N–H and O–H groups in total. The van der Waals surface area contributed by atoms with E-state index in [0.29, 0.717) is 0 Å². The fraction of sp³-hybridized carbons (Fsp3) is 0. The zero-order valence-electron chi connectivity index (χ0n) is 10.3. The summed E-state index contributed by atoms with van der Waals surface area (Å²) in [5.74, 6) is 0.0967. The van der Waals surface area contributed by atoms with Gasteiger partial charge >= 0.3 is 0 Å². The number of benzene rings is 4. The first-order chi connectivity index (χ1) is 9.34. The van der Waals surface area contributed by atoms with Crippen molar-refractivity contribution in [3.63, 3.8) is 0 Å². The number of fused-ring (bicyclic) bond motifs is 5. The van der Waals surface area contributed by atoms with Crippen molar-refractivity contribution >= 4 is 32.3 Å². The second-order valence-corrected chi connectivity index (χ2v) is 4.81. The molecule has 4 aromatic rings. The fourth-order valence-electron chi connectivity index (χ4n) is 2.84. The van der Waals surface area contributed by atoms with Crippen LogP contribution in [0.3, 0.4) is 0 Å². The Hall–Kier alpha value is -2.54. The molecule has 0 aliphatic carbocycles. The van der Waals surface area contributed by atoms with Gasteiger partial charge in [-0.3, -0.25) is 5.11 Å². The predicted octanol–water partition coefficient (Wildman–Crippen LogP) is 5.29. The van der Waals surface area contributed by atoms with E-state index in [0.717, 1.165) is 26.9 Å². The molecule has 0 atom stereocenters. The van der Waals surface area contributed by atoms with Crippen LogP contribution < -0.4 is 0 Å². The van der Waals surface area contributed by atoms with Crippen molar-refractivity contribution in [1.82, 2.24) is 0 Å². The molecule has 1 nitrogen and oxygen atoms in total. The maximum Gasteiger partial charge on any atom is 0.187 e. The van der Waals surface area contributed by atoms with Crippen LogP contribution in [0.25, 0.3) is 32.3 Å². The lowest BCUT2D eigenvalue weighted by atomic mass is 9.96. The van der Waals surface area contributed by atoms with Crippen LogP contribution >= 0.6 is 0 Å². The topological polar surface area (TPSA) is 19.9 Å². The number of hydrogen-bond acceptors (Lipinski definition) is 0. The maximum atomic E-state index is 12.2.